The number of hydrogen-bond acceptors (Lipinski definition) is 5. The summed E-state index contributed by atoms with van der Waals surface area (Å²) >= 11 is 0. The number of nitrogen functional groups attached to an aromatic ring is 1. The average molecular weight is 282 g/mol. The number of hydrogen-bond donors (Lipinski definition) is 1. The normalized spacial score (nSPS) is 10.7. The summed E-state index contributed by atoms with van der Waals surface area (Å²) in [5.74, 6) is 0.898. The Balaban J connectivity index is 2.14. The van der Waals surface area contributed by atoms with Crippen LogP contribution >= 0.6 is 0 Å². The molecule has 0 atom stereocenters. The van der Waals surface area contributed by atoms with E-state index in [4.69, 9.17) is 14.9 Å². The van der Waals surface area contributed by atoms with Crippen LogP contribution < -0.4 is 10.5 Å². The monoisotopic (exact) mass is 282 g/mol. The molecule has 6 heteroatoms. The number of anilines is 1. The Morgan fingerprint density at radius 1 is 1.43 bits per heavy atom. The van der Waals surface area contributed by atoms with Gasteiger partial charge in [0, 0.05) is 7.05 Å². The highest BCUT2D eigenvalue weighted by Crippen LogP contribution is 2.38. The minimum Gasteiger partial charge on any atom is -0.442 e. The smallest absolute Gasteiger partial charge is 0.247 e. The molecule has 0 unspecified atom stereocenters. The first-order valence-electron chi connectivity index (χ1n) is 6.56. The SMILES string of the molecule is CCc1nn(C)c(Oc2c(C#N)oc3ccccc23)c1N. The molecule has 3 rings (SSSR count). The molecule has 2 heterocycles. The van der Waals surface area contributed by atoms with Gasteiger partial charge in [0.15, 0.2) is 5.75 Å². The van der Waals surface area contributed by atoms with Crippen LogP contribution in [0.3, 0.4) is 0 Å². The molecule has 0 saturated carbocycles. The number of ether oxygens (including phenoxy) is 1. The van der Waals surface area contributed by atoms with Crippen LogP contribution in [0.1, 0.15) is 18.4 Å². The lowest BCUT2D eigenvalue weighted by Crippen LogP contribution is -1.97. The number of nitriles is 1. The van der Waals surface area contributed by atoms with E-state index < -0.39 is 0 Å². The highest BCUT2D eigenvalue weighted by atomic mass is 16.5. The van der Waals surface area contributed by atoms with Gasteiger partial charge in [0.05, 0.1) is 11.1 Å². The Hall–Kier alpha value is -2.94. The van der Waals surface area contributed by atoms with E-state index in [-0.39, 0.29) is 5.76 Å². The first-order valence-corrected chi connectivity index (χ1v) is 6.56. The van der Waals surface area contributed by atoms with Crippen molar-refractivity contribution in [1.82, 2.24) is 9.78 Å². The number of fused-ring (bicyclic) bond motifs is 1. The lowest BCUT2D eigenvalue weighted by Gasteiger charge is -2.05. The summed E-state index contributed by atoms with van der Waals surface area (Å²) in [5.41, 5.74) is 7.89. The number of nitrogens with zero attached hydrogens (tertiary/aromatic N) is 3. The van der Waals surface area contributed by atoms with Crippen molar-refractivity contribution in [2.24, 2.45) is 7.05 Å². The van der Waals surface area contributed by atoms with E-state index in [0.717, 1.165) is 11.1 Å². The minimum atomic E-state index is 0.120. The van der Waals surface area contributed by atoms with E-state index >= 15 is 0 Å². The second-order valence-corrected chi connectivity index (χ2v) is 4.61. The predicted octanol–water partition coefficient (Wildman–Crippen LogP) is 2.97. The summed E-state index contributed by atoms with van der Waals surface area (Å²) in [5, 5.41) is 14.2. The third-order valence-electron chi connectivity index (χ3n) is 3.29. The van der Waals surface area contributed by atoms with E-state index in [2.05, 4.69) is 5.10 Å². The molecule has 0 saturated heterocycles. The summed E-state index contributed by atoms with van der Waals surface area (Å²) in [7, 11) is 1.75. The number of para-hydroxylation sites is 1. The van der Waals surface area contributed by atoms with Gasteiger partial charge >= 0.3 is 0 Å². The fraction of sp³-hybridized carbons (Fsp3) is 0.200. The van der Waals surface area contributed by atoms with Gasteiger partial charge in [0.2, 0.25) is 11.6 Å². The summed E-state index contributed by atoms with van der Waals surface area (Å²) in [6.07, 6.45) is 0.709. The van der Waals surface area contributed by atoms with Gasteiger partial charge in [0.1, 0.15) is 17.3 Å². The van der Waals surface area contributed by atoms with Gasteiger partial charge in [-0.1, -0.05) is 19.1 Å². The van der Waals surface area contributed by atoms with Gasteiger partial charge < -0.3 is 14.9 Å². The number of nitrogens with two attached hydrogens (primary N) is 1. The standard InChI is InChI=1S/C15H14N4O2/c1-3-10-13(17)15(19(2)18-10)21-14-9-6-4-5-7-11(9)20-12(14)8-16/h4-7H,3,17H2,1-2H3. The number of aryl methyl sites for hydroxylation is 2. The number of benzene rings is 1. The Kier molecular flexibility index (Phi) is 3.03. The van der Waals surface area contributed by atoms with E-state index in [1.807, 2.05) is 31.2 Å². The summed E-state index contributed by atoms with van der Waals surface area (Å²) in [4.78, 5) is 0. The van der Waals surface area contributed by atoms with Crippen molar-refractivity contribution in [3.05, 3.63) is 35.7 Å². The maximum absolute atomic E-state index is 9.21. The molecule has 2 aromatic heterocycles. The predicted molar refractivity (Wildman–Crippen MR) is 78.0 cm³/mol. The molecule has 3 aromatic rings. The largest absolute Gasteiger partial charge is 0.442 e. The van der Waals surface area contributed by atoms with Crippen LogP contribution in [0.5, 0.6) is 11.6 Å². The average Bonchev–Trinajstić information content (AvgIpc) is 2.99. The van der Waals surface area contributed by atoms with Crippen molar-refractivity contribution in [1.29, 1.82) is 5.26 Å². The molecule has 0 aliphatic heterocycles. The van der Waals surface area contributed by atoms with E-state index in [1.165, 1.54) is 0 Å². The van der Waals surface area contributed by atoms with Crippen LogP contribution in [0.2, 0.25) is 0 Å². The van der Waals surface area contributed by atoms with Crippen LogP contribution in [-0.2, 0) is 13.5 Å². The second kappa shape index (κ2) is 4.87. The highest BCUT2D eigenvalue weighted by Gasteiger charge is 2.20. The summed E-state index contributed by atoms with van der Waals surface area (Å²) in [6, 6.07) is 9.32. The van der Waals surface area contributed by atoms with Crippen molar-refractivity contribution in [3.63, 3.8) is 0 Å². The zero-order valence-electron chi connectivity index (χ0n) is 11.8. The molecule has 2 N–H and O–H groups in total. The molecule has 0 spiro atoms. The van der Waals surface area contributed by atoms with Crippen molar-refractivity contribution in [2.75, 3.05) is 5.73 Å². The van der Waals surface area contributed by atoms with E-state index in [9.17, 15) is 5.26 Å². The Morgan fingerprint density at radius 3 is 2.86 bits per heavy atom. The Morgan fingerprint density at radius 2 is 2.19 bits per heavy atom. The third kappa shape index (κ3) is 1.99. The van der Waals surface area contributed by atoms with Crippen LogP contribution in [0.25, 0.3) is 11.0 Å². The van der Waals surface area contributed by atoms with Crippen LogP contribution in [0, 0.1) is 11.3 Å². The van der Waals surface area contributed by atoms with Gasteiger partial charge in [0.25, 0.3) is 0 Å². The first kappa shape index (κ1) is 13.1. The number of rotatable bonds is 3. The molecule has 0 fully saturated rings. The van der Waals surface area contributed by atoms with Gasteiger partial charge in [-0.25, -0.2) is 4.68 Å². The lowest BCUT2D eigenvalue weighted by molar-refractivity contribution is 0.424. The fourth-order valence-electron chi connectivity index (χ4n) is 2.25. The van der Waals surface area contributed by atoms with Crippen molar-refractivity contribution in [2.45, 2.75) is 13.3 Å². The molecule has 6 nitrogen and oxygen atoms in total. The summed E-state index contributed by atoms with van der Waals surface area (Å²) < 4.78 is 12.9. The molecular weight excluding hydrogens is 268 g/mol. The molecule has 1 aromatic carbocycles. The molecule has 0 aliphatic carbocycles. The molecule has 0 aliphatic rings. The highest BCUT2D eigenvalue weighted by molar-refractivity contribution is 5.87. The van der Waals surface area contributed by atoms with Crippen LogP contribution in [0.15, 0.2) is 28.7 Å². The summed E-state index contributed by atoms with van der Waals surface area (Å²) in [6.45, 7) is 1.97. The Labute approximate surface area is 121 Å². The van der Waals surface area contributed by atoms with E-state index in [1.54, 1.807) is 17.8 Å². The number of furan rings is 1. The fourth-order valence-corrected chi connectivity index (χ4v) is 2.25. The molecule has 0 amide bonds. The van der Waals surface area contributed by atoms with Gasteiger partial charge in [-0.15, -0.1) is 0 Å². The van der Waals surface area contributed by atoms with Crippen molar-refractivity contribution < 1.29 is 9.15 Å². The molecule has 106 valence electrons. The topological polar surface area (TPSA) is 90.0 Å². The molecular formula is C15H14N4O2. The zero-order valence-corrected chi connectivity index (χ0v) is 11.8. The minimum absolute atomic E-state index is 0.120. The second-order valence-electron chi connectivity index (χ2n) is 4.61. The molecule has 0 bridgehead atoms. The third-order valence-corrected chi connectivity index (χ3v) is 3.29. The van der Waals surface area contributed by atoms with Gasteiger partial charge in [-0.3, -0.25) is 0 Å². The quantitative estimate of drug-likeness (QED) is 0.797. The van der Waals surface area contributed by atoms with E-state index in [0.29, 0.717) is 29.3 Å². The maximum atomic E-state index is 9.21. The van der Waals surface area contributed by atoms with Crippen LogP contribution in [-0.4, -0.2) is 9.78 Å². The Bertz CT molecular complexity index is 855. The van der Waals surface area contributed by atoms with Gasteiger partial charge in [-0.2, -0.15) is 10.4 Å². The zero-order chi connectivity index (χ0) is 15.0. The number of aromatic nitrogens is 2. The van der Waals surface area contributed by atoms with Crippen molar-refractivity contribution >= 4 is 16.7 Å². The lowest BCUT2D eigenvalue weighted by atomic mass is 10.2. The first-order chi connectivity index (χ1) is 10.2. The maximum Gasteiger partial charge on any atom is 0.247 e. The van der Waals surface area contributed by atoms with Crippen LogP contribution in [0.4, 0.5) is 5.69 Å². The molecule has 0 radical (unpaired) electrons. The molecule has 21 heavy (non-hydrogen) atoms. The van der Waals surface area contributed by atoms with Gasteiger partial charge in [-0.05, 0) is 18.6 Å². The van der Waals surface area contributed by atoms with Crippen molar-refractivity contribution in [3.8, 4) is 17.7 Å².